The highest BCUT2D eigenvalue weighted by Gasteiger charge is 2.32. The topological polar surface area (TPSA) is 101 Å². The zero-order valence-corrected chi connectivity index (χ0v) is 19.9. The SMILES string of the molecule is Cc1nc(NC(=O)[C@@H](N=C2NS(=O)(=O)c3ccccc32)C(C)C)sc1Cc1ccc(F)cc1. The van der Waals surface area contributed by atoms with E-state index in [4.69, 9.17) is 0 Å². The normalized spacial score (nSPS) is 16.5. The number of halogens is 1. The van der Waals surface area contributed by atoms with Crippen LogP contribution < -0.4 is 10.0 Å². The van der Waals surface area contributed by atoms with Crippen LogP contribution in [0.5, 0.6) is 0 Å². The highest BCUT2D eigenvalue weighted by Crippen LogP contribution is 2.27. The highest BCUT2D eigenvalue weighted by atomic mass is 32.2. The second kappa shape index (κ2) is 9.03. The van der Waals surface area contributed by atoms with Crippen molar-refractivity contribution >= 4 is 38.2 Å². The number of amidine groups is 1. The summed E-state index contributed by atoms with van der Waals surface area (Å²) in [6.45, 7) is 5.54. The van der Waals surface area contributed by atoms with Crippen molar-refractivity contribution in [3.05, 3.63) is 76.0 Å². The zero-order valence-electron chi connectivity index (χ0n) is 18.3. The molecule has 0 bridgehead atoms. The van der Waals surface area contributed by atoms with E-state index >= 15 is 0 Å². The summed E-state index contributed by atoms with van der Waals surface area (Å²) in [6.07, 6.45) is 0.578. The number of sulfonamides is 1. The number of nitrogens with one attached hydrogen (secondary N) is 2. The molecule has 3 aromatic rings. The molecular formula is C23H23FN4O3S2. The zero-order chi connectivity index (χ0) is 23.8. The Bertz CT molecular complexity index is 1330. The van der Waals surface area contributed by atoms with Crippen molar-refractivity contribution < 1.29 is 17.6 Å². The van der Waals surface area contributed by atoms with Crippen LogP contribution in [0.15, 0.2) is 58.4 Å². The number of rotatable bonds is 6. The number of anilines is 1. The van der Waals surface area contributed by atoms with E-state index in [1.54, 1.807) is 30.3 Å². The minimum atomic E-state index is -3.69. The number of benzene rings is 2. The Morgan fingerprint density at radius 2 is 1.88 bits per heavy atom. The number of carbonyl (C=O) groups is 1. The minimum absolute atomic E-state index is 0.146. The van der Waals surface area contributed by atoms with Gasteiger partial charge < -0.3 is 5.32 Å². The fourth-order valence-electron chi connectivity index (χ4n) is 3.49. The first-order valence-electron chi connectivity index (χ1n) is 10.4. The molecule has 0 radical (unpaired) electrons. The van der Waals surface area contributed by atoms with Gasteiger partial charge in [-0.1, -0.05) is 38.1 Å². The maximum absolute atomic E-state index is 13.2. The Morgan fingerprint density at radius 3 is 2.58 bits per heavy atom. The minimum Gasteiger partial charge on any atom is -0.300 e. The predicted octanol–water partition coefficient (Wildman–Crippen LogP) is 3.88. The lowest BCUT2D eigenvalue weighted by Crippen LogP contribution is -2.34. The van der Waals surface area contributed by atoms with Gasteiger partial charge in [0.25, 0.3) is 15.9 Å². The lowest BCUT2D eigenvalue weighted by Gasteiger charge is -2.16. The van der Waals surface area contributed by atoms with E-state index < -0.39 is 16.1 Å². The van der Waals surface area contributed by atoms with Gasteiger partial charge in [-0.2, -0.15) is 0 Å². The fourth-order valence-corrected chi connectivity index (χ4v) is 5.73. The summed E-state index contributed by atoms with van der Waals surface area (Å²) in [5, 5.41) is 3.26. The highest BCUT2D eigenvalue weighted by molar-refractivity contribution is 7.90. The Balaban J connectivity index is 1.54. The Kier molecular flexibility index (Phi) is 6.31. The van der Waals surface area contributed by atoms with Crippen molar-refractivity contribution in [2.24, 2.45) is 10.9 Å². The molecule has 1 aliphatic heterocycles. The van der Waals surface area contributed by atoms with Crippen molar-refractivity contribution in [3.8, 4) is 0 Å². The van der Waals surface area contributed by atoms with Crippen LogP contribution in [-0.2, 0) is 21.2 Å². The van der Waals surface area contributed by atoms with Gasteiger partial charge in [-0.3, -0.25) is 14.5 Å². The molecule has 0 saturated carbocycles. The molecule has 0 saturated heterocycles. The molecule has 1 atom stereocenters. The molecule has 0 fully saturated rings. The van der Waals surface area contributed by atoms with Crippen molar-refractivity contribution in [1.29, 1.82) is 0 Å². The monoisotopic (exact) mass is 486 g/mol. The third-order valence-electron chi connectivity index (χ3n) is 5.23. The van der Waals surface area contributed by atoms with Crippen LogP contribution in [0.25, 0.3) is 0 Å². The number of carbonyl (C=O) groups excluding carboxylic acids is 1. The van der Waals surface area contributed by atoms with Crippen LogP contribution in [0.4, 0.5) is 9.52 Å². The smallest absolute Gasteiger partial charge is 0.263 e. The van der Waals surface area contributed by atoms with Gasteiger partial charge in [-0.05, 0) is 42.7 Å². The maximum Gasteiger partial charge on any atom is 0.263 e. The van der Waals surface area contributed by atoms with Crippen molar-refractivity contribution in [2.45, 2.75) is 38.1 Å². The number of amides is 1. The van der Waals surface area contributed by atoms with Crippen LogP contribution in [0, 0.1) is 18.7 Å². The first kappa shape index (κ1) is 23.1. The quantitative estimate of drug-likeness (QED) is 0.552. The predicted molar refractivity (Wildman–Crippen MR) is 127 cm³/mol. The van der Waals surface area contributed by atoms with Crippen molar-refractivity contribution in [2.75, 3.05) is 5.32 Å². The summed E-state index contributed by atoms with van der Waals surface area (Å²) < 4.78 is 40.3. The Labute approximate surface area is 195 Å². The third-order valence-corrected chi connectivity index (χ3v) is 7.70. The van der Waals surface area contributed by atoms with Crippen LogP contribution >= 0.6 is 11.3 Å². The number of fused-ring (bicyclic) bond motifs is 1. The fraction of sp³-hybridized carbons (Fsp3) is 0.261. The Hall–Kier alpha value is -3.11. The van der Waals surface area contributed by atoms with Crippen LogP contribution in [0.3, 0.4) is 0 Å². The summed E-state index contributed by atoms with van der Waals surface area (Å²) in [6, 6.07) is 12.0. The number of aryl methyl sites for hydroxylation is 1. The molecule has 2 N–H and O–H groups in total. The molecule has 4 rings (SSSR count). The molecule has 10 heteroatoms. The molecule has 33 heavy (non-hydrogen) atoms. The molecule has 0 aliphatic carbocycles. The van der Waals surface area contributed by atoms with E-state index in [1.165, 1.54) is 29.5 Å². The van der Waals surface area contributed by atoms with Crippen molar-refractivity contribution in [1.82, 2.24) is 9.71 Å². The maximum atomic E-state index is 13.2. The first-order valence-corrected chi connectivity index (χ1v) is 12.7. The van der Waals surface area contributed by atoms with E-state index in [-0.39, 0.29) is 28.4 Å². The molecule has 2 aromatic carbocycles. The van der Waals surface area contributed by atoms with Gasteiger partial charge in [0, 0.05) is 16.9 Å². The van der Waals surface area contributed by atoms with Gasteiger partial charge in [0.15, 0.2) is 5.13 Å². The molecular weight excluding hydrogens is 463 g/mol. The number of nitrogens with zero attached hydrogens (tertiary/aromatic N) is 2. The van der Waals surface area contributed by atoms with E-state index in [2.05, 4.69) is 20.0 Å². The van der Waals surface area contributed by atoms with Gasteiger partial charge in [0.1, 0.15) is 17.7 Å². The van der Waals surface area contributed by atoms with Gasteiger partial charge in [0.05, 0.1) is 10.6 Å². The standard InChI is InChI=1S/C23H23FN4O3S2/c1-13(2)20(26-21-17-6-4-5-7-19(17)33(30,31)28-21)22(29)27-23-25-14(3)18(32-23)12-15-8-10-16(24)11-9-15/h4-11,13,20H,12H2,1-3H3,(H,26,28)(H,25,27,29)/t20-/m0/s1. The average molecular weight is 487 g/mol. The van der Waals surface area contributed by atoms with Crippen LogP contribution in [0.2, 0.25) is 0 Å². The number of aliphatic imine (C=N–C) groups is 1. The molecule has 0 spiro atoms. The number of aromatic nitrogens is 1. The molecule has 0 unspecified atom stereocenters. The van der Waals surface area contributed by atoms with Gasteiger partial charge in [0.2, 0.25) is 0 Å². The second-order valence-electron chi connectivity index (χ2n) is 8.09. The van der Waals surface area contributed by atoms with Gasteiger partial charge in [-0.25, -0.2) is 17.8 Å². The lowest BCUT2D eigenvalue weighted by atomic mass is 10.0. The number of hydrogen-bond donors (Lipinski definition) is 2. The summed E-state index contributed by atoms with van der Waals surface area (Å²) in [5.41, 5.74) is 2.17. The summed E-state index contributed by atoms with van der Waals surface area (Å²) in [4.78, 5) is 23.1. The molecule has 1 amide bonds. The molecule has 1 aliphatic rings. The first-order chi connectivity index (χ1) is 15.6. The van der Waals surface area contributed by atoms with Gasteiger partial charge >= 0.3 is 0 Å². The van der Waals surface area contributed by atoms with E-state index in [1.807, 2.05) is 20.8 Å². The second-order valence-corrected chi connectivity index (χ2v) is 10.8. The van der Waals surface area contributed by atoms with Crippen LogP contribution in [-0.4, -0.2) is 31.2 Å². The lowest BCUT2D eigenvalue weighted by molar-refractivity contribution is -0.118. The van der Waals surface area contributed by atoms with E-state index in [9.17, 15) is 17.6 Å². The van der Waals surface area contributed by atoms with Gasteiger partial charge in [-0.15, -0.1) is 11.3 Å². The Morgan fingerprint density at radius 1 is 1.18 bits per heavy atom. The van der Waals surface area contributed by atoms with E-state index in [0.717, 1.165) is 16.1 Å². The third kappa shape index (κ3) is 4.96. The summed E-state index contributed by atoms with van der Waals surface area (Å²) >= 11 is 1.35. The summed E-state index contributed by atoms with van der Waals surface area (Å²) in [5.74, 6) is -0.689. The van der Waals surface area contributed by atoms with Crippen LogP contribution in [0.1, 0.15) is 35.5 Å². The molecule has 1 aromatic heterocycles. The molecule has 2 heterocycles. The summed E-state index contributed by atoms with van der Waals surface area (Å²) in [7, 11) is -3.69. The number of hydrogen-bond acceptors (Lipinski definition) is 6. The average Bonchev–Trinajstić information content (AvgIpc) is 3.23. The number of thiazole rings is 1. The van der Waals surface area contributed by atoms with Crippen molar-refractivity contribution in [3.63, 3.8) is 0 Å². The van der Waals surface area contributed by atoms with E-state index in [0.29, 0.717) is 17.1 Å². The molecule has 172 valence electrons. The largest absolute Gasteiger partial charge is 0.300 e. The molecule has 7 nitrogen and oxygen atoms in total.